The summed E-state index contributed by atoms with van der Waals surface area (Å²) in [5, 5.41) is 6.27. The number of anilines is 1. The van der Waals surface area contributed by atoms with Crippen LogP contribution in [0.2, 0.25) is 0 Å². The summed E-state index contributed by atoms with van der Waals surface area (Å²) in [5.74, 6) is 0.963. The van der Waals surface area contributed by atoms with Crippen molar-refractivity contribution < 1.29 is 17.7 Å². The first-order valence-electron chi connectivity index (χ1n) is 5.80. The number of hydrogen-bond donors (Lipinski definition) is 1. The molecule has 1 saturated heterocycles. The lowest BCUT2D eigenvalue weighted by molar-refractivity contribution is 0.184. The summed E-state index contributed by atoms with van der Waals surface area (Å²) < 4.78 is 28.9. The number of hydrogen-bond acceptors (Lipinski definition) is 5. The zero-order chi connectivity index (χ0) is 14.0. The summed E-state index contributed by atoms with van der Waals surface area (Å²) >= 11 is 0. The van der Waals surface area contributed by atoms with Crippen molar-refractivity contribution in [2.24, 2.45) is 0 Å². The predicted octanol–water partition coefficient (Wildman–Crippen LogP) is 0.0921. The molecule has 0 unspecified atom stereocenters. The normalized spacial score (nSPS) is 17.5. The third kappa shape index (κ3) is 3.44. The van der Waals surface area contributed by atoms with Crippen molar-refractivity contribution in [1.82, 2.24) is 14.4 Å². The number of sulfonamides is 1. The van der Waals surface area contributed by atoms with Crippen LogP contribution in [-0.4, -0.2) is 61.2 Å². The fourth-order valence-electron chi connectivity index (χ4n) is 1.84. The van der Waals surface area contributed by atoms with Crippen molar-refractivity contribution in [1.29, 1.82) is 0 Å². The molecule has 1 aromatic rings. The Morgan fingerprint density at radius 1 is 1.37 bits per heavy atom. The van der Waals surface area contributed by atoms with Gasteiger partial charge < -0.3 is 9.42 Å². The highest BCUT2D eigenvalue weighted by Crippen LogP contribution is 2.10. The van der Waals surface area contributed by atoms with Gasteiger partial charge in [0, 0.05) is 32.2 Å². The maximum atomic E-state index is 11.9. The van der Waals surface area contributed by atoms with Gasteiger partial charge in [-0.25, -0.2) is 13.2 Å². The number of aryl methyl sites for hydroxylation is 1. The van der Waals surface area contributed by atoms with E-state index >= 15 is 0 Å². The van der Waals surface area contributed by atoms with Gasteiger partial charge in [-0.3, -0.25) is 5.32 Å². The maximum absolute atomic E-state index is 11.9. The molecule has 1 N–H and O–H groups in total. The first kappa shape index (κ1) is 13.8. The molecule has 8 nitrogen and oxygen atoms in total. The Morgan fingerprint density at radius 2 is 2.00 bits per heavy atom. The van der Waals surface area contributed by atoms with E-state index in [0.29, 0.717) is 37.8 Å². The van der Waals surface area contributed by atoms with Gasteiger partial charge in [0.15, 0.2) is 5.82 Å². The van der Waals surface area contributed by atoms with Gasteiger partial charge in [0.1, 0.15) is 5.76 Å². The topological polar surface area (TPSA) is 95.8 Å². The minimum Gasteiger partial charge on any atom is -0.360 e. The van der Waals surface area contributed by atoms with Crippen molar-refractivity contribution in [3.63, 3.8) is 0 Å². The number of piperazine rings is 1. The molecule has 0 saturated carbocycles. The second-order valence-corrected chi connectivity index (χ2v) is 6.38. The van der Waals surface area contributed by atoms with E-state index in [2.05, 4.69) is 10.5 Å². The summed E-state index contributed by atoms with van der Waals surface area (Å²) in [6.07, 6.45) is 1.17. The van der Waals surface area contributed by atoms with Gasteiger partial charge in [-0.1, -0.05) is 5.16 Å². The van der Waals surface area contributed by atoms with E-state index in [1.807, 2.05) is 0 Å². The Kier molecular flexibility index (Phi) is 3.76. The lowest BCUT2D eigenvalue weighted by Gasteiger charge is -2.32. The van der Waals surface area contributed by atoms with Gasteiger partial charge in [-0.05, 0) is 6.92 Å². The average molecular weight is 288 g/mol. The molecule has 1 aliphatic heterocycles. The van der Waals surface area contributed by atoms with Gasteiger partial charge in [0.25, 0.3) is 0 Å². The van der Waals surface area contributed by atoms with Crippen molar-refractivity contribution in [3.8, 4) is 0 Å². The first-order valence-corrected chi connectivity index (χ1v) is 7.65. The van der Waals surface area contributed by atoms with Gasteiger partial charge in [0.05, 0.1) is 6.26 Å². The molecule has 106 valence electrons. The zero-order valence-corrected chi connectivity index (χ0v) is 11.6. The molecule has 0 aliphatic carbocycles. The van der Waals surface area contributed by atoms with Gasteiger partial charge in [-0.2, -0.15) is 4.31 Å². The molecule has 9 heteroatoms. The van der Waals surface area contributed by atoms with Crippen molar-refractivity contribution in [3.05, 3.63) is 11.8 Å². The molecule has 1 aliphatic rings. The number of rotatable bonds is 2. The maximum Gasteiger partial charge on any atom is 0.323 e. The summed E-state index contributed by atoms with van der Waals surface area (Å²) in [6, 6.07) is 1.31. The van der Waals surface area contributed by atoms with Crippen LogP contribution < -0.4 is 5.32 Å². The fourth-order valence-corrected chi connectivity index (χ4v) is 2.66. The van der Waals surface area contributed by atoms with E-state index in [-0.39, 0.29) is 6.03 Å². The molecule has 2 heterocycles. The van der Waals surface area contributed by atoms with Crippen LogP contribution in [0.25, 0.3) is 0 Å². The lowest BCUT2D eigenvalue weighted by atomic mass is 10.4. The number of carbonyl (C=O) groups excluding carboxylic acids is 1. The Balaban J connectivity index is 1.89. The molecule has 2 amide bonds. The Bertz CT molecular complexity index is 560. The average Bonchev–Trinajstić information content (AvgIpc) is 2.74. The zero-order valence-electron chi connectivity index (χ0n) is 10.8. The van der Waals surface area contributed by atoms with Gasteiger partial charge >= 0.3 is 6.03 Å². The van der Waals surface area contributed by atoms with Gasteiger partial charge in [0.2, 0.25) is 10.0 Å². The third-order valence-electron chi connectivity index (χ3n) is 2.86. The highest BCUT2D eigenvalue weighted by Gasteiger charge is 2.26. The van der Waals surface area contributed by atoms with Crippen LogP contribution in [0.4, 0.5) is 10.6 Å². The SMILES string of the molecule is Cc1cc(NC(=O)N2CCN(S(C)(=O)=O)CC2)no1. The number of carbonyl (C=O) groups is 1. The van der Waals surface area contributed by atoms with Crippen molar-refractivity contribution in [2.45, 2.75) is 6.92 Å². The van der Waals surface area contributed by atoms with Crippen LogP contribution in [0.5, 0.6) is 0 Å². The minimum absolute atomic E-state index is 0.304. The van der Waals surface area contributed by atoms with E-state index < -0.39 is 10.0 Å². The second kappa shape index (κ2) is 5.17. The predicted molar refractivity (Wildman–Crippen MR) is 68.2 cm³/mol. The highest BCUT2D eigenvalue weighted by atomic mass is 32.2. The van der Waals surface area contributed by atoms with Crippen molar-refractivity contribution in [2.75, 3.05) is 37.8 Å². The Hall–Kier alpha value is -1.61. The van der Waals surface area contributed by atoms with E-state index in [9.17, 15) is 13.2 Å². The van der Waals surface area contributed by atoms with Gasteiger partial charge in [-0.15, -0.1) is 0 Å². The number of nitrogens with zero attached hydrogens (tertiary/aromatic N) is 3. The molecule has 0 radical (unpaired) electrons. The highest BCUT2D eigenvalue weighted by molar-refractivity contribution is 7.88. The summed E-state index contributed by atoms with van der Waals surface area (Å²) in [5.41, 5.74) is 0. The minimum atomic E-state index is -3.18. The number of urea groups is 1. The number of amides is 2. The van der Waals surface area contributed by atoms with E-state index in [4.69, 9.17) is 4.52 Å². The van der Waals surface area contributed by atoms with Crippen LogP contribution in [-0.2, 0) is 10.0 Å². The molecule has 1 aromatic heterocycles. The van der Waals surface area contributed by atoms with Crippen LogP contribution in [0.15, 0.2) is 10.6 Å². The molecular formula is C10H16N4O4S. The summed E-state index contributed by atoms with van der Waals surface area (Å²) in [7, 11) is -3.18. The lowest BCUT2D eigenvalue weighted by Crippen LogP contribution is -2.51. The monoisotopic (exact) mass is 288 g/mol. The standard InChI is InChI=1S/C10H16N4O4S/c1-8-7-9(12-18-8)11-10(15)13-3-5-14(6-4-13)19(2,16)17/h7H,3-6H2,1-2H3,(H,11,12,15). The fraction of sp³-hybridized carbons (Fsp3) is 0.600. The smallest absolute Gasteiger partial charge is 0.323 e. The summed E-state index contributed by atoms with van der Waals surface area (Å²) in [4.78, 5) is 13.4. The molecular weight excluding hydrogens is 272 g/mol. The van der Waals surface area contributed by atoms with Crippen LogP contribution in [0.1, 0.15) is 5.76 Å². The number of nitrogens with one attached hydrogen (secondary N) is 1. The molecule has 0 bridgehead atoms. The molecule has 0 aromatic carbocycles. The largest absolute Gasteiger partial charge is 0.360 e. The Labute approximate surface area is 111 Å². The summed E-state index contributed by atoms with van der Waals surface area (Å²) in [6.45, 7) is 3.06. The second-order valence-electron chi connectivity index (χ2n) is 4.40. The van der Waals surface area contributed by atoms with Crippen molar-refractivity contribution >= 4 is 21.9 Å². The van der Waals surface area contributed by atoms with E-state index in [1.54, 1.807) is 17.9 Å². The van der Waals surface area contributed by atoms with Crippen LogP contribution in [0.3, 0.4) is 0 Å². The van der Waals surface area contributed by atoms with Crippen LogP contribution in [0, 0.1) is 6.92 Å². The molecule has 0 spiro atoms. The van der Waals surface area contributed by atoms with Crippen LogP contribution >= 0.6 is 0 Å². The quantitative estimate of drug-likeness (QED) is 0.832. The molecule has 19 heavy (non-hydrogen) atoms. The number of aromatic nitrogens is 1. The van der Waals surface area contributed by atoms with E-state index in [1.165, 1.54) is 10.6 Å². The third-order valence-corrected chi connectivity index (χ3v) is 4.16. The first-order chi connectivity index (χ1) is 8.86. The molecule has 2 rings (SSSR count). The van der Waals surface area contributed by atoms with E-state index in [0.717, 1.165) is 0 Å². The Morgan fingerprint density at radius 3 is 2.47 bits per heavy atom. The molecule has 1 fully saturated rings. The molecule has 0 atom stereocenters.